The normalized spacial score (nSPS) is 16.9. The molecule has 0 atom stereocenters. The van der Waals surface area contributed by atoms with E-state index in [0.29, 0.717) is 6.54 Å². The molecule has 0 radical (unpaired) electrons. The lowest BCUT2D eigenvalue weighted by molar-refractivity contribution is 0.341. The van der Waals surface area contributed by atoms with E-state index in [-0.39, 0.29) is 5.82 Å². The molecule has 0 aromatic heterocycles. The van der Waals surface area contributed by atoms with Crippen LogP contribution >= 0.6 is 0 Å². The smallest absolute Gasteiger partial charge is 0.126 e. The molecule has 16 heavy (non-hydrogen) atoms. The second-order valence-electron chi connectivity index (χ2n) is 4.43. The molecule has 1 aromatic carbocycles. The van der Waals surface area contributed by atoms with Crippen molar-refractivity contribution in [3.8, 4) is 0 Å². The maximum Gasteiger partial charge on any atom is 0.126 e. The highest BCUT2D eigenvalue weighted by molar-refractivity contribution is 5.25. The topological polar surface area (TPSA) is 29.3 Å². The van der Waals surface area contributed by atoms with E-state index in [4.69, 9.17) is 5.73 Å². The second-order valence-corrected chi connectivity index (χ2v) is 4.43. The van der Waals surface area contributed by atoms with Crippen LogP contribution in [0.25, 0.3) is 0 Å². The lowest BCUT2D eigenvalue weighted by Gasteiger charge is -2.14. The Morgan fingerprint density at radius 3 is 2.69 bits per heavy atom. The van der Waals surface area contributed by atoms with Crippen molar-refractivity contribution in [2.24, 2.45) is 5.73 Å². The van der Waals surface area contributed by atoms with Gasteiger partial charge < -0.3 is 10.6 Å². The predicted octanol–water partition coefficient (Wildman–Crippen LogP) is 1.92. The van der Waals surface area contributed by atoms with Crippen molar-refractivity contribution in [2.45, 2.75) is 25.8 Å². The predicted molar refractivity (Wildman–Crippen MR) is 63.7 cm³/mol. The van der Waals surface area contributed by atoms with Crippen molar-refractivity contribution in [2.75, 3.05) is 19.6 Å². The Hall–Kier alpha value is -0.930. The summed E-state index contributed by atoms with van der Waals surface area (Å²) in [5.41, 5.74) is 7.37. The van der Waals surface area contributed by atoms with Gasteiger partial charge in [-0.3, -0.25) is 0 Å². The highest BCUT2D eigenvalue weighted by Gasteiger charge is 2.12. The summed E-state index contributed by atoms with van der Waals surface area (Å²) in [7, 11) is 0. The Bertz CT molecular complexity index is 346. The van der Waals surface area contributed by atoms with Gasteiger partial charge in [-0.15, -0.1) is 0 Å². The van der Waals surface area contributed by atoms with Crippen molar-refractivity contribution in [1.29, 1.82) is 0 Å². The van der Waals surface area contributed by atoms with Gasteiger partial charge in [0.1, 0.15) is 5.82 Å². The first kappa shape index (κ1) is 11.6. The second kappa shape index (κ2) is 5.41. The van der Waals surface area contributed by atoms with Gasteiger partial charge in [-0.25, -0.2) is 4.39 Å². The SMILES string of the molecule is NCc1ccc(F)c(CCN2CCCC2)c1. The van der Waals surface area contributed by atoms with E-state index in [1.54, 1.807) is 6.07 Å². The fraction of sp³-hybridized carbons (Fsp3) is 0.538. The zero-order valence-electron chi connectivity index (χ0n) is 9.58. The van der Waals surface area contributed by atoms with Gasteiger partial charge in [0, 0.05) is 13.1 Å². The summed E-state index contributed by atoms with van der Waals surface area (Å²) in [6.07, 6.45) is 3.36. The molecular formula is C13H19FN2. The minimum absolute atomic E-state index is 0.101. The van der Waals surface area contributed by atoms with E-state index >= 15 is 0 Å². The number of nitrogens with zero attached hydrogens (tertiary/aromatic N) is 1. The van der Waals surface area contributed by atoms with E-state index in [9.17, 15) is 4.39 Å². The third-order valence-corrected chi connectivity index (χ3v) is 3.24. The monoisotopic (exact) mass is 222 g/mol. The molecule has 1 fully saturated rings. The Kier molecular flexibility index (Phi) is 3.91. The Morgan fingerprint density at radius 2 is 2.00 bits per heavy atom. The highest BCUT2D eigenvalue weighted by Crippen LogP contribution is 2.13. The summed E-state index contributed by atoms with van der Waals surface area (Å²) in [5, 5.41) is 0. The first-order valence-electron chi connectivity index (χ1n) is 5.99. The molecule has 1 saturated heterocycles. The van der Waals surface area contributed by atoms with E-state index in [0.717, 1.165) is 37.2 Å². The van der Waals surface area contributed by atoms with Gasteiger partial charge in [-0.05, 0) is 49.5 Å². The summed E-state index contributed by atoms with van der Waals surface area (Å²) < 4.78 is 13.5. The summed E-state index contributed by atoms with van der Waals surface area (Å²) in [6, 6.07) is 5.18. The molecular weight excluding hydrogens is 203 g/mol. The van der Waals surface area contributed by atoms with Crippen LogP contribution in [0.15, 0.2) is 18.2 Å². The van der Waals surface area contributed by atoms with E-state index in [1.165, 1.54) is 18.9 Å². The lowest BCUT2D eigenvalue weighted by Crippen LogP contribution is -2.22. The maximum absolute atomic E-state index is 13.5. The zero-order valence-corrected chi connectivity index (χ0v) is 9.58. The van der Waals surface area contributed by atoms with Crippen LogP contribution in [-0.2, 0) is 13.0 Å². The number of benzene rings is 1. The number of hydrogen-bond donors (Lipinski definition) is 1. The van der Waals surface area contributed by atoms with Crippen LogP contribution in [0, 0.1) is 5.82 Å². The number of nitrogens with two attached hydrogens (primary N) is 1. The zero-order chi connectivity index (χ0) is 11.4. The average molecular weight is 222 g/mol. The maximum atomic E-state index is 13.5. The van der Waals surface area contributed by atoms with Crippen molar-refractivity contribution in [1.82, 2.24) is 4.90 Å². The van der Waals surface area contributed by atoms with Gasteiger partial charge in [-0.1, -0.05) is 12.1 Å². The van der Waals surface area contributed by atoms with Gasteiger partial charge in [0.05, 0.1) is 0 Å². The Balaban J connectivity index is 1.96. The molecule has 0 bridgehead atoms. The fourth-order valence-corrected chi connectivity index (χ4v) is 2.23. The lowest BCUT2D eigenvalue weighted by atomic mass is 10.1. The molecule has 1 heterocycles. The molecule has 1 aliphatic rings. The standard InChI is InChI=1S/C13H19FN2/c14-13-4-3-11(10-15)9-12(13)5-8-16-6-1-2-7-16/h3-4,9H,1-2,5-8,10,15H2. The Labute approximate surface area is 96.2 Å². The van der Waals surface area contributed by atoms with Gasteiger partial charge in [0.15, 0.2) is 0 Å². The van der Waals surface area contributed by atoms with Crippen LogP contribution in [0.1, 0.15) is 24.0 Å². The van der Waals surface area contributed by atoms with Gasteiger partial charge in [0.25, 0.3) is 0 Å². The molecule has 0 aliphatic carbocycles. The molecule has 0 amide bonds. The van der Waals surface area contributed by atoms with E-state index in [2.05, 4.69) is 4.90 Å². The first-order chi connectivity index (χ1) is 7.79. The van der Waals surface area contributed by atoms with Crippen LogP contribution in [0.5, 0.6) is 0 Å². The average Bonchev–Trinajstić information content (AvgIpc) is 2.81. The molecule has 3 heteroatoms. The van der Waals surface area contributed by atoms with Crippen LogP contribution in [0.2, 0.25) is 0 Å². The molecule has 2 rings (SSSR count). The molecule has 1 aromatic rings. The number of halogens is 1. The Morgan fingerprint density at radius 1 is 1.25 bits per heavy atom. The van der Waals surface area contributed by atoms with E-state index < -0.39 is 0 Å². The summed E-state index contributed by atoms with van der Waals surface area (Å²) in [5.74, 6) is -0.101. The number of rotatable bonds is 4. The molecule has 0 spiro atoms. The quantitative estimate of drug-likeness (QED) is 0.843. The van der Waals surface area contributed by atoms with Crippen LogP contribution < -0.4 is 5.73 Å². The molecule has 2 nitrogen and oxygen atoms in total. The van der Waals surface area contributed by atoms with Crippen molar-refractivity contribution >= 4 is 0 Å². The third kappa shape index (κ3) is 2.80. The molecule has 0 unspecified atom stereocenters. The van der Waals surface area contributed by atoms with Crippen molar-refractivity contribution in [3.05, 3.63) is 35.1 Å². The largest absolute Gasteiger partial charge is 0.326 e. The minimum Gasteiger partial charge on any atom is -0.326 e. The first-order valence-corrected chi connectivity index (χ1v) is 5.99. The number of likely N-dealkylation sites (tertiary alicyclic amines) is 1. The summed E-state index contributed by atoms with van der Waals surface area (Å²) in [4.78, 5) is 2.40. The van der Waals surface area contributed by atoms with Gasteiger partial charge >= 0.3 is 0 Å². The minimum atomic E-state index is -0.101. The van der Waals surface area contributed by atoms with Gasteiger partial charge in [0.2, 0.25) is 0 Å². The molecule has 88 valence electrons. The van der Waals surface area contributed by atoms with Crippen LogP contribution in [0.4, 0.5) is 4.39 Å². The fourth-order valence-electron chi connectivity index (χ4n) is 2.23. The third-order valence-electron chi connectivity index (χ3n) is 3.24. The highest BCUT2D eigenvalue weighted by atomic mass is 19.1. The van der Waals surface area contributed by atoms with Crippen LogP contribution in [0.3, 0.4) is 0 Å². The van der Waals surface area contributed by atoms with Gasteiger partial charge in [-0.2, -0.15) is 0 Å². The van der Waals surface area contributed by atoms with Crippen LogP contribution in [-0.4, -0.2) is 24.5 Å². The van der Waals surface area contributed by atoms with Crippen molar-refractivity contribution in [3.63, 3.8) is 0 Å². The summed E-state index contributed by atoms with van der Waals surface area (Å²) in [6.45, 7) is 3.78. The van der Waals surface area contributed by atoms with E-state index in [1.807, 2.05) is 6.07 Å². The number of hydrogen-bond acceptors (Lipinski definition) is 2. The summed E-state index contributed by atoms with van der Waals surface area (Å²) >= 11 is 0. The van der Waals surface area contributed by atoms with Crippen molar-refractivity contribution < 1.29 is 4.39 Å². The molecule has 0 saturated carbocycles. The molecule has 2 N–H and O–H groups in total. The molecule has 1 aliphatic heterocycles.